The molecule has 0 spiro atoms. The van der Waals surface area contributed by atoms with Gasteiger partial charge in [-0.2, -0.15) is 0 Å². The van der Waals surface area contributed by atoms with Gasteiger partial charge in [0, 0.05) is 5.39 Å². The van der Waals surface area contributed by atoms with Gasteiger partial charge in [-0.15, -0.1) is 22.7 Å². The topological polar surface area (TPSA) is 52.1 Å². The number of aromatic nitrogens is 2. The molecule has 20 heavy (non-hydrogen) atoms. The van der Waals surface area contributed by atoms with E-state index in [0.29, 0.717) is 10.7 Å². The van der Waals surface area contributed by atoms with Gasteiger partial charge in [-0.25, -0.2) is 14.8 Å². The lowest BCUT2D eigenvalue weighted by molar-refractivity contribution is 0.0605. The first kappa shape index (κ1) is 13.9. The van der Waals surface area contributed by atoms with Gasteiger partial charge in [0.05, 0.1) is 12.0 Å². The summed E-state index contributed by atoms with van der Waals surface area (Å²) in [7, 11) is 1.39. The van der Waals surface area contributed by atoms with Gasteiger partial charge in [0.15, 0.2) is 5.82 Å². The first-order valence-corrected chi connectivity index (χ1v) is 8.48. The van der Waals surface area contributed by atoms with Gasteiger partial charge in [0.25, 0.3) is 0 Å². The fraction of sp³-hybridized carbons (Fsp3) is 0.154. The molecule has 4 nitrogen and oxygen atoms in total. The van der Waals surface area contributed by atoms with Crippen LogP contribution in [0.15, 0.2) is 17.5 Å². The van der Waals surface area contributed by atoms with Crippen LogP contribution in [0.25, 0.3) is 20.9 Å². The number of halogens is 1. The van der Waals surface area contributed by atoms with Crippen LogP contribution < -0.4 is 0 Å². The molecule has 102 valence electrons. The Balaban J connectivity index is 2.25. The number of hydrogen-bond donors (Lipinski definition) is 0. The standard InChI is InChI=1S/C13H9IN2O2S2/c1-6-8-10(14)15-11(7-4-3-5-19-7)16-12(8)20-9(6)13(17)18-2/h3-5H,1-2H3. The Bertz CT molecular complexity index is 796. The molecule has 0 N–H and O–H groups in total. The summed E-state index contributed by atoms with van der Waals surface area (Å²) >= 11 is 5.15. The molecule has 3 aromatic heterocycles. The van der Waals surface area contributed by atoms with Crippen molar-refractivity contribution >= 4 is 61.5 Å². The number of aryl methyl sites for hydroxylation is 1. The van der Waals surface area contributed by atoms with E-state index in [1.165, 1.54) is 18.4 Å². The fourth-order valence-corrected chi connectivity index (χ4v) is 4.72. The van der Waals surface area contributed by atoms with Crippen molar-refractivity contribution in [3.63, 3.8) is 0 Å². The monoisotopic (exact) mass is 416 g/mol. The number of rotatable bonds is 2. The highest BCUT2D eigenvalue weighted by Gasteiger charge is 2.20. The second-order valence-corrected chi connectivity index (χ2v) is 7.01. The van der Waals surface area contributed by atoms with Crippen LogP contribution in [0.5, 0.6) is 0 Å². The van der Waals surface area contributed by atoms with Crippen molar-refractivity contribution in [2.45, 2.75) is 6.92 Å². The maximum atomic E-state index is 11.8. The number of carbonyl (C=O) groups excluding carboxylic acids is 1. The summed E-state index contributed by atoms with van der Waals surface area (Å²) < 4.78 is 5.67. The van der Waals surface area contributed by atoms with Crippen LogP contribution in [0.3, 0.4) is 0 Å². The molecule has 0 aliphatic carbocycles. The molecule has 0 fully saturated rings. The molecule has 0 aliphatic rings. The predicted molar refractivity (Wildman–Crippen MR) is 89.5 cm³/mol. The summed E-state index contributed by atoms with van der Waals surface area (Å²) in [6, 6.07) is 3.96. The largest absolute Gasteiger partial charge is 0.465 e. The molecular formula is C13H9IN2O2S2. The molecular weight excluding hydrogens is 407 g/mol. The van der Waals surface area contributed by atoms with Crippen molar-refractivity contribution in [1.82, 2.24) is 9.97 Å². The number of fused-ring (bicyclic) bond motifs is 1. The molecule has 0 aliphatic heterocycles. The molecule has 0 aromatic carbocycles. The summed E-state index contributed by atoms with van der Waals surface area (Å²) in [6.07, 6.45) is 0. The number of thiophene rings is 2. The second kappa shape index (κ2) is 5.38. The number of ether oxygens (including phenoxy) is 1. The third kappa shape index (κ3) is 2.23. The smallest absolute Gasteiger partial charge is 0.348 e. The minimum absolute atomic E-state index is 0.320. The first-order valence-electron chi connectivity index (χ1n) is 5.70. The van der Waals surface area contributed by atoms with E-state index in [1.807, 2.05) is 24.4 Å². The Labute approximate surface area is 137 Å². The minimum Gasteiger partial charge on any atom is -0.465 e. The van der Waals surface area contributed by atoms with E-state index in [9.17, 15) is 4.79 Å². The summed E-state index contributed by atoms with van der Waals surface area (Å²) in [4.78, 5) is 23.3. The van der Waals surface area contributed by atoms with Gasteiger partial charge < -0.3 is 4.74 Å². The molecule has 0 atom stereocenters. The molecule has 3 heterocycles. The van der Waals surface area contributed by atoms with Crippen molar-refractivity contribution in [3.8, 4) is 10.7 Å². The number of methoxy groups -OCH3 is 1. The molecule has 0 radical (unpaired) electrons. The van der Waals surface area contributed by atoms with Crippen LogP contribution in [-0.2, 0) is 4.74 Å². The molecule has 0 unspecified atom stereocenters. The average Bonchev–Trinajstić information content (AvgIpc) is 3.06. The van der Waals surface area contributed by atoms with E-state index >= 15 is 0 Å². The molecule has 3 aromatic rings. The highest BCUT2D eigenvalue weighted by atomic mass is 127. The molecule has 0 saturated heterocycles. The van der Waals surface area contributed by atoms with Gasteiger partial charge in [0.1, 0.15) is 13.4 Å². The second-order valence-electron chi connectivity index (χ2n) is 4.04. The maximum absolute atomic E-state index is 11.8. The Morgan fingerprint density at radius 3 is 2.85 bits per heavy atom. The van der Waals surface area contributed by atoms with Crippen LogP contribution in [0.2, 0.25) is 0 Å². The number of nitrogens with zero attached hydrogens (tertiary/aromatic N) is 2. The SMILES string of the molecule is COC(=O)c1sc2nc(-c3cccs3)nc(I)c2c1C. The van der Waals surface area contributed by atoms with Gasteiger partial charge >= 0.3 is 5.97 Å². The highest BCUT2D eigenvalue weighted by molar-refractivity contribution is 14.1. The Morgan fingerprint density at radius 2 is 2.20 bits per heavy atom. The first-order chi connectivity index (χ1) is 9.61. The zero-order chi connectivity index (χ0) is 14.3. The third-order valence-electron chi connectivity index (χ3n) is 2.86. The molecule has 7 heteroatoms. The van der Waals surface area contributed by atoms with Crippen LogP contribution in [0.4, 0.5) is 0 Å². The van der Waals surface area contributed by atoms with E-state index < -0.39 is 0 Å². The lowest BCUT2D eigenvalue weighted by Gasteiger charge is -2.00. The van der Waals surface area contributed by atoms with E-state index in [1.54, 1.807) is 11.3 Å². The minimum atomic E-state index is -0.320. The highest BCUT2D eigenvalue weighted by Crippen LogP contribution is 2.34. The zero-order valence-electron chi connectivity index (χ0n) is 10.6. The lowest BCUT2D eigenvalue weighted by atomic mass is 10.2. The summed E-state index contributed by atoms with van der Waals surface area (Å²) in [5.41, 5.74) is 0.888. The van der Waals surface area contributed by atoms with Crippen molar-refractivity contribution in [2.24, 2.45) is 0 Å². The van der Waals surface area contributed by atoms with E-state index in [2.05, 4.69) is 32.6 Å². The van der Waals surface area contributed by atoms with Crippen molar-refractivity contribution in [1.29, 1.82) is 0 Å². The van der Waals surface area contributed by atoms with Crippen LogP contribution in [0, 0.1) is 10.6 Å². The normalized spacial score (nSPS) is 10.9. The van der Waals surface area contributed by atoms with Crippen molar-refractivity contribution in [2.75, 3.05) is 7.11 Å². The number of esters is 1. The van der Waals surface area contributed by atoms with E-state index in [4.69, 9.17) is 4.74 Å². The average molecular weight is 416 g/mol. The van der Waals surface area contributed by atoms with Gasteiger partial charge in [-0.1, -0.05) is 6.07 Å². The summed E-state index contributed by atoms with van der Waals surface area (Å²) in [6.45, 7) is 1.90. The number of carbonyl (C=O) groups is 1. The molecule has 3 rings (SSSR count). The molecule has 0 amide bonds. The van der Waals surface area contributed by atoms with Crippen LogP contribution in [0.1, 0.15) is 15.2 Å². The molecule has 0 saturated carbocycles. The Morgan fingerprint density at radius 1 is 1.40 bits per heavy atom. The number of hydrogen-bond acceptors (Lipinski definition) is 6. The van der Waals surface area contributed by atoms with Crippen LogP contribution >= 0.6 is 45.3 Å². The van der Waals surface area contributed by atoms with Crippen molar-refractivity contribution < 1.29 is 9.53 Å². The quantitative estimate of drug-likeness (QED) is 0.358. The van der Waals surface area contributed by atoms with E-state index in [-0.39, 0.29) is 5.97 Å². The third-order valence-corrected chi connectivity index (χ3v) is 5.67. The molecule has 0 bridgehead atoms. The summed E-state index contributed by atoms with van der Waals surface area (Å²) in [5.74, 6) is 0.383. The fourth-order valence-electron chi connectivity index (χ4n) is 1.89. The zero-order valence-corrected chi connectivity index (χ0v) is 14.4. The van der Waals surface area contributed by atoms with Gasteiger partial charge in [-0.05, 0) is 46.5 Å². The van der Waals surface area contributed by atoms with Gasteiger partial charge in [0.2, 0.25) is 0 Å². The maximum Gasteiger partial charge on any atom is 0.348 e. The predicted octanol–water partition coefficient (Wildman–Crippen LogP) is 4.12. The van der Waals surface area contributed by atoms with E-state index in [0.717, 1.165) is 24.4 Å². The van der Waals surface area contributed by atoms with Crippen molar-refractivity contribution in [3.05, 3.63) is 31.7 Å². The Hall–Kier alpha value is -1.06. The van der Waals surface area contributed by atoms with Gasteiger partial charge in [-0.3, -0.25) is 0 Å². The Kier molecular flexibility index (Phi) is 3.74. The summed E-state index contributed by atoms with van der Waals surface area (Å²) in [5, 5.41) is 2.94. The van der Waals surface area contributed by atoms with Crippen LogP contribution in [-0.4, -0.2) is 23.0 Å². The lowest BCUT2D eigenvalue weighted by Crippen LogP contribution is -1.99.